The van der Waals surface area contributed by atoms with Crippen molar-refractivity contribution in [3.8, 4) is 0 Å². The SMILES string of the molecule is Clc1c(C2CCCN2)nc2n1CCC2. The van der Waals surface area contributed by atoms with Gasteiger partial charge in [-0.25, -0.2) is 4.98 Å². The lowest BCUT2D eigenvalue weighted by Crippen LogP contribution is -2.14. The molecule has 0 spiro atoms. The molecule has 3 rings (SSSR count). The largest absolute Gasteiger partial charge is 0.319 e. The lowest BCUT2D eigenvalue weighted by atomic mass is 10.2. The summed E-state index contributed by atoms with van der Waals surface area (Å²) in [4.78, 5) is 4.64. The fourth-order valence-electron chi connectivity index (χ4n) is 2.45. The van der Waals surface area contributed by atoms with Crippen molar-refractivity contribution in [3.63, 3.8) is 0 Å². The molecule has 4 heteroatoms. The standard InChI is InChI=1S/C10H14ClN3/c11-10-9(7-3-1-5-12-7)13-8-4-2-6-14(8)10/h7,12H,1-6H2. The molecule has 2 aliphatic rings. The van der Waals surface area contributed by atoms with Crippen LogP contribution in [0.1, 0.15) is 36.8 Å². The van der Waals surface area contributed by atoms with Crippen LogP contribution in [0.5, 0.6) is 0 Å². The Kier molecular flexibility index (Phi) is 2.03. The number of halogens is 1. The molecule has 0 aliphatic carbocycles. The van der Waals surface area contributed by atoms with E-state index in [1.165, 1.54) is 25.1 Å². The third kappa shape index (κ3) is 1.19. The first-order valence-electron chi connectivity index (χ1n) is 5.34. The van der Waals surface area contributed by atoms with E-state index in [0.29, 0.717) is 6.04 Å². The van der Waals surface area contributed by atoms with Gasteiger partial charge in [0.15, 0.2) is 0 Å². The number of hydrogen-bond donors (Lipinski definition) is 1. The quantitative estimate of drug-likeness (QED) is 0.769. The molecular formula is C10H14ClN3. The van der Waals surface area contributed by atoms with Crippen molar-refractivity contribution in [2.24, 2.45) is 0 Å². The summed E-state index contributed by atoms with van der Waals surface area (Å²) in [6.07, 6.45) is 4.70. The Morgan fingerprint density at radius 1 is 1.43 bits per heavy atom. The van der Waals surface area contributed by atoms with Crippen LogP contribution in [0.4, 0.5) is 0 Å². The molecule has 3 nitrogen and oxygen atoms in total. The molecule has 0 aromatic carbocycles. The highest BCUT2D eigenvalue weighted by Gasteiger charge is 2.26. The molecule has 1 N–H and O–H groups in total. The zero-order valence-corrected chi connectivity index (χ0v) is 8.85. The predicted molar refractivity (Wildman–Crippen MR) is 55.5 cm³/mol. The van der Waals surface area contributed by atoms with Crippen LogP contribution in [0.3, 0.4) is 0 Å². The first-order chi connectivity index (χ1) is 6.86. The fourth-order valence-corrected chi connectivity index (χ4v) is 2.81. The minimum Gasteiger partial charge on any atom is -0.319 e. The van der Waals surface area contributed by atoms with Gasteiger partial charge in [-0.2, -0.15) is 0 Å². The van der Waals surface area contributed by atoms with Crippen LogP contribution < -0.4 is 5.32 Å². The maximum absolute atomic E-state index is 6.31. The highest BCUT2D eigenvalue weighted by Crippen LogP contribution is 2.31. The van der Waals surface area contributed by atoms with Gasteiger partial charge in [0.05, 0.1) is 11.7 Å². The van der Waals surface area contributed by atoms with Crippen molar-refractivity contribution in [3.05, 3.63) is 16.7 Å². The Bertz CT molecular complexity index is 352. The number of aryl methyl sites for hydroxylation is 1. The molecule has 0 radical (unpaired) electrons. The Hall–Kier alpha value is -0.540. The molecule has 1 saturated heterocycles. The molecule has 1 aromatic heterocycles. The summed E-state index contributed by atoms with van der Waals surface area (Å²) in [7, 11) is 0. The first kappa shape index (κ1) is 8.74. The molecule has 1 fully saturated rings. The second-order valence-electron chi connectivity index (χ2n) is 4.11. The lowest BCUT2D eigenvalue weighted by Gasteiger charge is -2.07. The van der Waals surface area contributed by atoms with Crippen molar-refractivity contribution in [1.82, 2.24) is 14.9 Å². The second kappa shape index (κ2) is 3.24. The van der Waals surface area contributed by atoms with E-state index in [9.17, 15) is 0 Å². The van der Waals surface area contributed by atoms with Crippen molar-refractivity contribution in [1.29, 1.82) is 0 Å². The number of nitrogens with one attached hydrogen (secondary N) is 1. The average Bonchev–Trinajstić information content (AvgIpc) is 2.84. The van der Waals surface area contributed by atoms with Crippen LogP contribution >= 0.6 is 11.6 Å². The summed E-state index contributed by atoms with van der Waals surface area (Å²) < 4.78 is 2.16. The van der Waals surface area contributed by atoms with Gasteiger partial charge < -0.3 is 9.88 Å². The van der Waals surface area contributed by atoms with Gasteiger partial charge in [-0.1, -0.05) is 11.6 Å². The van der Waals surface area contributed by atoms with E-state index < -0.39 is 0 Å². The van der Waals surface area contributed by atoms with E-state index in [0.717, 1.165) is 30.4 Å². The Morgan fingerprint density at radius 3 is 3.07 bits per heavy atom. The number of fused-ring (bicyclic) bond motifs is 1. The topological polar surface area (TPSA) is 29.9 Å². The summed E-state index contributed by atoms with van der Waals surface area (Å²) in [5.74, 6) is 1.18. The van der Waals surface area contributed by atoms with Gasteiger partial charge in [0, 0.05) is 13.0 Å². The molecular weight excluding hydrogens is 198 g/mol. The zero-order chi connectivity index (χ0) is 9.54. The Labute approximate surface area is 88.5 Å². The molecule has 14 heavy (non-hydrogen) atoms. The van der Waals surface area contributed by atoms with Gasteiger partial charge in [0.1, 0.15) is 11.0 Å². The van der Waals surface area contributed by atoms with Gasteiger partial charge >= 0.3 is 0 Å². The maximum atomic E-state index is 6.31. The summed E-state index contributed by atoms with van der Waals surface area (Å²) in [5, 5.41) is 4.31. The molecule has 1 unspecified atom stereocenters. The van der Waals surface area contributed by atoms with E-state index in [1.54, 1.807) is 0 Å². The van der Waals surface area contributed by atoms with Gasteiger partial charge in [0.25, 0.3) is 0 Å². The molecule has 0 saturated carbocycles. The van der Waals surface area contributed by atoms with E-state index in [1.807, 2.05) is 0 Å². The van der Waals surface area contributed by atoms with Crippen LogP contribution in [0.15, 0.2) is 0 Å². The van der Waals surface area contributed by atoms with E-state index in [2.05, 4.69) is 14.9 Å². The van der Waals surface area contributed by atoms with Crippen molar-refractivity contribution in [2.45, 2.75) is 38.3 Å². The molecule has 1 atom stereocenters. The van der Waals surface area contributed by atoms with Gasteiger partial charge in [-0.15, -0.1) is 0 Å². The number of imidazole rings is 1. The second-order valence-corrected chi connectivity index (χ2v) is 4.47. The first-order valence-corrected chi connectivity index (χ1v) is 5.72. The maximum Gasteiger partial charge on any atom is 0.133 e. The van der Waals surface area contributed by atoms with Gasteiger partial charge in [-0.05, 0) is 25.8 Å². The van der Waals surface area contributed by atoms with E-state index in [-0.39, 0.29) is 0 Å². The van der Waals surface area contributed by atoms with Gasteiger partial charge in [-0.3, -0.25) is 0 Å². The number of aromatic nitrogens is 2. The fraction of sp³-hybridized carbons (Fsp3) is 0.700. The van der Waals surface area contributed by atoms with Crippen LogP contribution in [-0.4, -0.2) is 16.1 Å². The molecule has 2 aliphatic heterocycles. The number of rotatable bonds is 1. The van der Waals surface area contributed by atoms with Gasteiger partial charge in [0.2, 0.25) is 0 Å². The third-order valence-corrected chi connectivity index (χ3v) is 3.58. The Morgan fingerprint density at radius 2 is 2.36 bits per heavy atom. The zero-order valence-electron chi connectivity index (χ0n) is 8.09. The van der Waals surface area contributed by atoms with Crippen LogP contribution in [0.2, 0.25) is 5.15 Å². The Balaban J connectivity index is 1.98. The van der Waals surface area contributed by atoms with Crippen LogP contribution in [0.25, 0.3) is 0 Å². The van der Waals surface area contributed by atoms with Crippen molar-refractivity contribution < 1.29 is 0 Å². The minimum absolute atomic E-state index is 0.403. The number of hydrogen-bond acceptors (Lipinski definition) is 2. The predicted octanol–water partition coefficient (Wildman–Crippen LogP) is 1.91. The smallest absolute Gasteiger partial charge is 0.133 e. The molecule has 0 bridgehead atoms. The van der Waals surface area contributed by atoms with E-state index >= 15 is 0 Å². The van der Waals surface area contributed by atoms with Crippen molar-refractivity contribution in [2.75, 3.05) is 6.54 Å². The minimum atomic E-state index is 0.403. The van der Waals surface area contributed by atoms with E-state index in [4.69, 9.17) is 11.6 Å². The summed E-state index contributed by atoms with van der Waals surface area (Å²) in [5.41, 5.74) is 1.08. The molecule has 1 aromatic rings. The highest BCUT2D eigenvalue weighted by atomic mass is 35.5. The summed E-state index contributed by atoms with van der Waals surface area (Å²) >= 11 is 6.31. The molecule has 3 heterocycles. The lowest BCUT2D eigenvalue weighted by molar-refractivity contribution is 0.625. The average molecular weight is 212 g/mol. The normalized spacial score (nSPS) is 25.6. The number of nitrogens with zero attached hydrogens (tertiary/aromatic N) is 2. The van der Waals surface area contributed by atoms with Crippen molar-refractivity contribution >= 4 is 11.6 Å². The highest BCUT2D eigenvalue weighted by molar-refractivity contribution is 6.30. The third-order valence-electron chi connectivity index (χ3n) is 3.18. The van der Waals surface area contributed by atoms with Crippen LogP contribution in [0, 0.1) is 0 Å². The monoisotopic (exact) mass is 211 g/mol. The summed E-state index contributed by atoms with van der Waals surface area (Å²) in [6.45, 7) is 2.15. The summed E-state index contributed by atoms with van der Waals surface area (Å²) in [6, 6.07) is 0.403. The molecule has 76 valence electrons. The molecule has 0 amide bonds. The van der Waals surface area contributed by atoms with Crippen LogP contribution in [-0.2, 0) is 13.0 Å².